The number of hydrogen-bond acceptors (Lipinski definition) is 7. The third kappa shape index (κ3) is 2.66. The lowest BCUT2D eigenvalue weighted by molar-refractivity contribution is 0.514. The molecule has 0 aliphatic heterocycles. The van der Waals surface area contributed by atoms with Gasteiger partial charge in [-0.1, -0.05) is 24.3 Å². The van der Waals surface area contributed by atoms with Crippen LogP contribution in [0.2, 0.25) is 0 Å². The summed E-state index contributed by atoms with van der Waals surface area (Å²) >= 11 is 0. The highest BCUT2D eigenvalue weighted by Crippen LogP contribution is 2.21. The number of para-hydroxylation sites is 2. The van der Waals surface area contributed by atoms with Crippen molar-refractivity contribution < 1.29 is 8.83 Å². The monoisotopic (exact) mass is 369 g/mol. The fourth-order valence-corrected chi connectivity index (χ4v) is 2.92. The van der Waals surface area contributed by atoms with E-state index in [0.717, 1.165) is 0 Å². The largest absolute Gasteiger partial charge is 0.403 e. The van der Waals surface area contributed by atoms with Gasteiger partial charge in [0.15, 0.2) is 0 Å². The van der Waals surface area contributed by atoms with Crippen LogP contribution in [0.1, 0.15) is 0 Å². The van der Waals surface area contributed by atoms with Crippen LogP contribution in [-0.4, -0.2) is 15.0 Å². The Balaban J connectivity index is 1.58. The van der Waals surface area contributed by atoms with Crippen molar-refractivity contribution in [1.82, 2.24) is 15.0 Å². The summed E-state index contributed by atoms with van der Waals surface area (Å²) in [4.78, 5) is 37.3. The summed E-state index contributed by atoms with van der Waals surface area (Å²) in [5.74, 6) is 0.277. The van der Waals surface area contributed by atoms with Gasteiger partial charge < -0.3 is 8.83 Å². The van der Waals surface area contributed by atoms with Crippen molar-refractivity contribution in [3.63, 3.8) is 0 Å². The summed E-state index contributed by atoms with van der Waals surface area (Å²) < 4.78 is 10.6. The summed E-state index contributed by atoms with van der Waals surface area (Å²) in [5.41, 5.74) is 1.03. The normalized spacial score (nSPS) is 11.1. The highest BCUT2D eigenvalue weighted by molar-refractivity contribution is 5.79. The molecule has 28 heavy (non-hydrogen) atoms. The summed E-state index contributed by atoms with van der Waals surface area (Å²) in [7, 11) is 0. The van der Waals surface area contributed by atoms with E-state index in [2.05, 4.69) is 15.0 Å². The van der Waals surface area contributed by atoms with E-state index in [4.69, 9.17) is 8.83 Å². The molecule has 5 aromatic rings. The Labute approximate surface area is 157 Å². The first-order valence-electron chi connectivity index (χ1n) is 8.46. The van der Waals surface area contributed by atoms with Gasteiger partial charge >= 0.3 is 11.3 Å². The standard InChI is InChI=1S/C21H11N3O4/c25-20-13-5-1-3-7-15(13)23-18(27-20)12-9-10-17(22-11-12)19-24-16-8-4-2-6-14(16)21(26)28-19/h1-11H. The molecule has 0 amide bonds. The van der Waals surface area contributed by atoms with Crippen LogP contribution in [0.5, 0.6) is 0 Å². The van der Waals surface area contributed by atoms with Crippen LogP contribution >= 0.6 is 0 Å². The van der Waals surface area contributed by atoms with Crippen molar-refractivity contribution in [1.29, 1.82) is 0 Å². The molecule has 2 aromatic carbocycles. The van der Waals surface area contributed by atoms with E-state index in [9.17, 15) is 9.59 Å². The minimum Gasteiger partial charge on any atom is -0.403 e. The maximum Gasteiger partial charge on any atom is 0.347 e. The van der Waals surface area contributed by atoms with Crippen LogP contribution in [0.25, 0.3) is 44.8 Å². The molecule has 0 radical (unpaired) electrons. The minimum absolute atomic E-state index is 0.114. The van der Waals surface area contributed by atoms with Crippen LogP contribution in [-0.2, 0) is 0 Å². The molecular formula is C21H11N3O4. The molecule has 0 aliphatic rings. The third-order valence-corrected chi connectivity index (χ3v) is 4.30. The Morgan fingerprint density at radius 1 is 0.643 bits per heavy atom. The fourth-order valence-electron chi connectivity index (χ4n) is 2.92. The molecule has 0 fully saturated rings. The molecule has 3 aromatic heterocycles. The van der Waals surface area contributed by atoms with E-state index in [0.29, 0.717) is 33.1 Å². The Morgan fingerprint density at radius 3 is 1.82 bits per heavy atom. The third-order valence-electron chi connectivity index (χ3n) is 4.30. The molecule has 5 rings (SSSR count). The van der Waals surface area contributed by atoms with Crippen molar-refractivity contribution in [2.75, 3.05) is 0 Å². The molecule has 0 N–H and O–H groups in total. The molecule has 134 valence electrons. The van der Waals surface area contributed by atoms with Crippen molar-refractivity contribution in [3.8, 4) is 23.0 Å². The van der Waals surface area contributed by atoms with Crippen molar-refractivity contribution in [3.05, 3.63) is 87.7 Å². The van der Waals surface area contributed by atoms with E-state index in [-0.39, 0.29) is 11.8 Å². The average Bonchev–Trinajstić information content (AvgIpc) is 2.74. The van der Waals surface area contributed by atoms with Crippen molar-refractivity contribution in [2.24, 2.45) is 0 Å². The van der Waals surface area contributed by atoms with Crippen LogP contribution < -0.4 is 11.3 Å². The predicted octanol–water partition coefficient (Wildman–Crippen LogP) is 3.42. The smallest absolute Gasteiger partial charge is 0.347 e. The van der Waals surface area contributed by atoms with E-state index in [1.807, 2.05) is 0 Å². The number of hydrogen-bond donors (Lipinski definition) is 0. The van der Waals surface area contributed by atoms with Crippen LogP contribution in [0, 0.1) is 0 Å². The van der Waals surface area contributed by atoms with Gasteiger partial charge in [0.05, 0.1) is 27.4 Å². The molecule has 3 heterocycles. The van der Waals surface area contributed by atoms with E-state index in [1.165, 1.54) is 6.20 Å². The van der Waals surface area contributed by atoms with Gasteiger partial charge in [-0.3, -0.25) is 4.98 Å². The summed E-state index contributed by atoms with van der Waals surface area (Å²) in [6, 6.07) is 17.2. The lowest BCUT2D eigenvalue weighted by Crippen LogP contribution is -2.04. The molecule has 0 bridgehead atoms. The highest BCUT2D eigenvalue weighted by atomic mass is 16.4. The maximum atomic E-state index is 12.1. The lowest BCUT2D eigenvalue weighted by Gasteiger charge is -2.03. The second-order valence-electron chi connectivity index (χ2n) is 6.08. The topological polar surface area (TPSA) is 99.1 Å². The number of rotatable bonds is 2. The predicted molar refractivity (Wildman–Crippen MR) is 103 cm³/mol. The number of aromatic nitrogens is 3. The van der Waals surface area contributed by atoms with E-state index >= 15 is 0 Å². The Hall–Kier alpha value is -4.13. The maximum absolute atomic E-state index is 12.1. The van der Waals surface area contributed by atoms with Gasteiger partial charge in [0, 0.05) is 6.20 Å². The Morgan fingerprint density at radius 2 is 1.21 bits per heavy atom. The Bertz CT molecular complexity index is 1340. The average molecular weight is 369 g/mol. The van der Waals surface area contributed by atoms with Crippen LogP contribution in [0.3, 0.4) is 0 Å². The van der Waals surface area contributed by atoms with Gasteiger partial charge in [0.2, 0.25) is 11.8 Å². The van der Waals surface area contributed by atoms with E-state index < -0.39 is 11.3 Å². The number of benzene rings is 2. The molecule has 7 nitrogen and oxygen atoms in total. The van der Waals surface area contributed by atoms with Gasteiger partial charge in [-0.15, -0.1) is 0 Å². The molecule has 0 spiro atoms. The number of fused-ring (bicyclic) bond motifs is 2. The second-order valence-corrected chi connectivity index (χ2v) is 6.08. The quantitative estimate of drug-likeness (QED) is 0.470. The number of pyridine rings is 1. The SMILES string of the molecule is O=c1oc(-c2ccc(-c3nc4ccccc4c(=O)o3)nc2)nc2ccccc12. The molecule has 7 heteroatoms. The minimum atomic E-state index is -0.478. The van der Waals surface area contributed by atoms with Crippen LogP contribution in [0.4, 0.5) is 0 Å². The molecular weight excluding hydrogens is 358 g/mol. The van der Waals surface area contributed by atoms with Crippen molar-refractivity contribution in [2.45, 2.75) is 0 Å². The number of nitrogens with zero attached hydrogens (tertiary/aromatic N) is 3. The zero-order chi connectivity index (χ0) is 19.1. The van der Waals surface area contributed by atoms with Gasteiger partial charge in [0.25, 0.3) is 0 Å². The molecule has 0 saturated carbocycles. The first kappa shape index (κ1) is 16.1. The summed E-state index contributed by atoms with van der Waals surface area (Å²) in [5, 5.41) is 0.822. The first-order valence-corrected chi connectivity index (χ1v) is 8.46. The zero-order valence-corrected chi connectivity index (χ0v) is 14.3. The fraction of sp³-hybridized carbons (Fsp3) is 0. The van der Waals surface area contributed by atoms with E-state index in [1.54, 1.807) is 60.7 Å². The van der Waals surface area contributed by atoms with Gasteiger partial charge in [-0.2, -0.15) is 0 Å². The van der Waals surface area contributed by atoms with Gasteiger partial charge in [-0.05, 0) is 36.4 Å². The second kappa shape index (κ2) is 6.24. The highest BCUT2D eigenvalue weighted by Gasteiger charge is 2.12. The van der Waals surface area contributed by atoms with Crippen LogP contribution in [0.15, 0.2) is 85.3 Å². The van der Waals surface area contributed by atoms with Gasteiger partial charge in [-0.25, -0.2) is 19.6 Å². The molecule has 0 atom stereocenters. The summed E-state index contributed by atoms with van der Waals surface area (Å²) in [6.45, 7) is 0. The Kier molecular flexibility index (Phi) is 3.58. The van der Waals surface area contributed by atoms with Gasteiger partial charge in [0.1, 0.15) is 5.69 Å². The summed E-state index contributed by atoms with van der Waals surface area (Å²) in [6.07, 6.45) is 1.49. The molecule has 0 saturated heterocycles. The molecule has 0 unspecified atom stereocenters. The lowest BCUT2D eigenvalue weighted by atomic mass is 10.2. The first-order chi connectivity index (χ1) is 13.7. The molecule has 0 aliphatic carbocycles. The van der Waals surface area contributed by atoms with Crippen molar-refractivity contribution >= 4 is 21.8 Å². The zero-order valence-electron chi connectivity index (χ0n) is 14.3.